The molecule has 1 heterocycles. The number of hydrazine groups is 1. The van der Waals surface area contributed by atoms with Crippen LogP contribution in [0.25, 0.3) is 0 Å². The monoisotopic (exact) mass is 277 g/mol. The van der Waals surface area contributed by atoms with Crippen LogP contribution < -0.4 is 21.7 Å². The smallest absolute Gasteiger partial charge is 0.329 e. The van der Waals surface area contributed by atoms with Crippen molar-refractivity contribution in [2.24, 2.45) is 11.0 Å². The summed E-state index contributed by atoms with van der Waals surface area (Å²) in [5.41, 5.74) is 1.71. The van der Waals surface area contributed by atoms with Crippen molar-refractivity contribution >= 4 is 27.5 Å². The largest absolute Gasteiger partial charge is 0.363 e. The Hall–Kier alpha value is -2.05. The summed E-state index contributed by atoms with van der Waals surface area (Å²) in [5.74, 6) is 4.48. The number of anilines is 2. The molecule has 0 aliphatic carbocycles. The number of hydrogen-bond donors (Lipinski definition) is 4. The average molecular weight is 277 g/mol. The third-order valence-corrected chi connectivity index (χ3v) is 2.55. The van der Waals surface area contributed by atoms with Crippen LogP contribution in [0.2, 0.25) is 0 Å². The molecule has 18 heavy (non-hydrogen) atoms. The minimum absolute atomic E-state index is 0.0429. The number of primary sulfonamides is 1. The summed E-state index contributed by atoms with van der Waals surface area (Å²) < 4.78 is 21.4. The molecule has 0 radical (unpaired) electrons. The lowest BCUT2D eigenvalue weighted by molar-refractivity contribution is -0.384. The maximum atomic E-state index is 10.7. The van der Waals surface area contributed by atoms with E-state index in [1.54, 1.807) is 0 Å². The van der Waals surface area contributed by atoms with Gasteiger partial charge in [0.15, 0.2) is 0 Å². The van der Waals surface area contributed by atoms with Crippen molar-refractivity contribution < 1.29 is 13.3 Å². The minimum Gasteiger partial charge on any atom is -0.363 e. The van der Waals surface area contributed by atoms with Gasteiger partial charge in [0.25, 0.3) is 0 Å². The Morgan fingerprint density at radius 1 is 1.50 bits per heavy atom. The van der Waals surface area contributed by atoms with Crippen LogP contribution in [0, 0.1) is 10.1 Å². The molecule has 0 unspecified atom stereocenters. The highest BCUT2D eigenvalue weighted by molar-refractivity contribution is 7.89. The predicted octanol–water partition coefficient (Wildman–Crippen LogP) is -1.63. The number of nitrogens with zero attached hydrogens (tertiary/aromatic N) is 3. The fourth-order valence-electron chi connectivity index (χ4n) is 1.02. The van der Waals surface area contributed by atoms with Crippen LogP contribution >= 0.6 is 0 Å². The topological polar surface area (TPSA) is 179 Å². The van der Waals surface area contributed by atoms with Gasteiger partial charge in [-0.3, -0.25) is 15.5 Å². The number of rotatable bonds is 6. The van der Waals surface area contributed by atoms with Crippen molar-refractivity contribution in [2.45, 2.75) is 0 Å². The lowest BCUT2D eigenvalue weighted by Gasteiger charge is -2.06. The second kappa shape index (κ2) is 5.52. The standard InChI is InChI=1S/C6H11N7O4S/c7-12-6-10-3-4(13(14)15)5(11-6)9-1-2-18(8,16)17/h3H,1-2,7H2,(H2,8,16,17)(H2,9,10,11,12). The average Bonchev–Trinajstić information content (AvgIpc) is 2.26. The molecule has 100 valence electrons. The maximum absolute atomic E-state index is 10.7. The van der Waals surface area contributed by atoms with Gasteiger partial charge in [-0.25, -0.2) is 24.4 Å². The highest BCUT2D eigenvalue weighted by Crippen LogP contribution is 2.21. The van der Waals surface area contributed by atoms with Gasteiger partial charge < -0.3 is 5.32 Å². The molecule has 1 aromatic rings. The van der Waals surface area contributed by atoms with Gasteiger partial charge in [0, 0.05) is 6.54 Å². The Labute approximate surface area is 102 Å². The molecule has 0 aromatic carbocycles. The van der Waals surface area contributed by atoms with Crippen molar-refractivity contribution in [3.8, 4) is 0 Å². The van der Waals surface area contributed by atoms with Gasteiger partial charge in [0.2, 0.25) is 21.8 Å². The molecule has 0 aliphatic rings. The first-order chi connectivity index (χ1) is 8.33. The summed E-state index contributed by atoms with van der Waals surface area (Å²) in [7, 11) is -3.66. The number of nitro groups is 1. The summed E-state index contributed by atoms with van der Waals surface area (Å²) in [5, 5.41) is 17.9. The molecule has 0 aliphatic heterocycles. The summed E-state index contributed by atoms with van der Waals surface area (Å²) in [6.07, 6.45) is 0.946. The molecule has 0 atom stereocenters. The van der Waals surface area contributed by atoms with Crippen molar-refractivity contribution in [2.75, 3.05) is 23.0 Å². The van der Waals surface area contributed by atoms with E-state index in [1.165, 1.54) is 0 Å². The molecule has 1 aromatic heterocycles. The highest BCUT2D eigenvalue weighted by atomic mass is 32.2. The Morgan fingerprint density at radius 2 is 2.17 bits per heavy atom. The zero-order chi connectivity index (χ0) is 13.8. The van der Waals surface area contributed by atoms with Crippen LogP contribution in [0.15, 0.2) is 6.20 Å². The van der Waals surface area contributed by atoms with E-state index in [9.17, 15) is 18.5 Å². The fourth-order valence-corrected chi connectivity index (χ4v) is 1.41. The van der Waals surface area contributed by atoms with E-state index in [-0.39, 0.29) is 24.1 Å². The molecule has 11 nitrogen and oxygen atoms in total. The van der Waals surface area contributed by atoms with E-state index in [1.807, 2.05) is 0 Å². The fraction of sp³-hybridized carbons (Fsp3) is 0.333. The molecule has 0 amide bonds. The van der Waals surface area contributed by atoms with Gasteiger partial charge >= 0.3 is 5.69 Å². The second-order valence-electron chi connectivity index (χ2n) is 3.12. The Bertz CT molecular complexity index is 545. The third-order valence-electron chi connectivity index (χ3n) is 1.77. The number of nitrogens with one attached hydrogen (secondary N) is 2. The van der Waals surface area contributed by atoms with E-state index >= 15 is 0 Å². The van der Waals surface area contributed by atoms with Crippen LogP contribution in [0.5, 0.6) is 0 Å². The molecule has 6 N–H and O–H groups in total. The van der Waals surface area contributed by atoms with Gasteiger partial charge in [-0.1, -0.05) is 0 Å². The quantitative estimate of drug-likeness (QED) is 0.269. The van der Waals surface area contributed by atoms with E-state index in [4.69, 9.17) is 11.0 Å². The molecule has 1 rings (SSSR count). The molecule has 0 saturated heterocycles. The van der Waals surface area contributed by atoms with Crippen LogP contribution in [0.1, 0.15) is 0 Å². The zero-order valence-corrected chi connectivity index (χ0v) is 9.85. The van der Waals surface area contributed by atoms with Crippen molar-refractivity contribution in [3.63, 3.8) is 0 Å². The number of aromatic nitrogens is 2. The normalized spacial score (nSPS) is 11.0. The molecule has 0 spiro atoms. The Kier molecular flexibility index (Phi) is 4.30. The van der Waals surface area contributed by atoms with Crippen molar-refractivity contribution in [3.05, 3.63) is 16.3 Å². The van der Waals surface area contributed by atoms with Crippen LogP contribution in [0.3, 0.4) is 0 Å². The van der Waals surface area contributed by atoms with Crippen molar-refractivity contribution in [1.29, 1.82) is 0 Å². The first kappa shape index (κ1) is 14.0. The van der Waals surface area contributed by atoms with Crippen LogP contribution in [-0.2, 0) is 10.0 Å². The zero-order valence-electron chi connectivity index (χ0n) is 9.03. The number of hydrogen-bond acceptors (Lipinski definition) is 9. The van der Waals surface area contributed by atoms with Gasteiger partial charge in [-0.2, -0.15) is 4.98 Å². The van der Waals surface area contributed by atoms with Crippen LogP contribution in [-0.4, -0.2) is 35.6 Å². The molecule has 0 fully saturated rings. The molecular formula is C6H11N7O4S. The summed E-state index contributed by atoms with van der Waals surface area (Å²) in [4.78, 5) is 17.2. The van der Waals surface area contributed by atoms with Crippen LogP contribution in [0.4, 0.5) is 17.5 Å². The lowest BCUT2D eigenvalue weighted by atomic mass is 10.4. The number of nitrogens with two attached hydrogens (primary N) is 2. The number of nitrogen functional groups attached to an aromatic ring is 1. The van der Waals surface area contributed by atoms with Gasteiger partial charge in [-0.05, 0) is 0 Å². The van der Waals surface area contributed by atoms with Gasteiger partial charge in [0.05, 0.1) is 10.7 Å². The third kappa shape index (κ3) is 4.08. The minimum atomic E-state index is -3.66. The van der Waals surface area contributed by atoms with E-state index in [0.29, 0.717) is 0 Å². The summed E-state index contributed by atoms with van der Waals surface area (Å²) in [6.45, 7) is -0.124. The highest BCUT2D eigenvalue weighted by Gasteiger charge is 2.17. The van der Waals surface area contributed by atoms with Gasteiger partial charge in [-0.15, -0.1) is 0 Å². The summed E-state index contributed by atoms with van der Waals surface area (Å²) >= 11 is 0. The molecule has 0 bridgehead atoms. The summed E-state index contributed by atoms with van der Waals surface area (Å²) in [6, 6.07) is 0. The van der Waals surface area contributed by atoms with E-state index < -0.39 is 20.6 Å². The van der Waals surface area contributed by atoms with Crippen molar-refractivity contribution in [1.82, 2.24) is 9.97 Å². The molecular weight excluding hydrogens is 266 g/mol. The van der Waals surface area contributed by atoms with E-state index in [0.717, 1.165) is 6.20 Å². The maximum Gasteiger partial charge on any atom is 0.329 e. The molecule has 0 saturated carbocycles. The molecule has 12 heteroatoms. The SMILES string of the molecule is NNc1ncc([N+](=O)[O-])c(NCCS(N)(=O)=O)n1. The first-order valence-corrected chi connectivity index (χ1v) is 6.27. The Balaban J connectivity index is 2.87. The Morgan fingerprint density at radius 3 is 2.67 bits per heavy atom. The second-order valence-corrected chi connectivity index (χ2v) is 4.86. The first-order valence-electron chi connectivity index (χ1n) is 4.56. The lowest BCUT2D eigenvalue weighted by Crippen LogP contribution is -2.23. The predicted molar refractivity (Wildman–Crippen MR) is 63.0 cm³/mol. The van der Waals surface area contributed by atoms with E-state index in [2.05, 4.69) is 20.7 Å². The number of sulfonamides is 1. The van der Waals surface area contributed by atoms with Gasteiger partial charge in [0.1, 0.15) is 6.20 Å².